The predicted octanol–water partition coefficient (Wildman–Crippen LogP) is 4.36. The lowest BCUT2D eigenvalue weighted by Crippen LogP contribution is -2.50. The summed E-state index contributed by atoms with van der Waals surface area (Å²) in [6.07, 6.45) is 2.92. The lowest BCUT2D eigenvalue weighted by atomic mass is 10.1. The molecule has 0 aliphatic carbocycles. The second-order valence-corrected chi connectivity index (χ2v) is 8.73. The SMILES string of the molecule is CC[C@@H](C)N(Cc1cccn1Cc1ccccc1C)C(=O)CN(C(=O)N(C)C)C(C)C. The monoisotopic (exact) mass is 426 g/mol. The van der Waals surface area contributed by atoms with E-state index in [0.29, 0.717) is 6.54 Å². The number of carbonyl (C=O) groups excluding carboxylic acids is 2. The Hall–Kier alpha value is -2.76. The Morgan fingerprint density at radius 2 is 1.68 bits per heavy atom. The third-order valence-electron chi connectivity index (χ3n) is 5.86. The van der Waals surface area contributed by atoms with E-state index in [1.807, 2.05) is 30.9 Å². The van der Waals surface area contributed by atoms with Gasteiger partial charge in [0.05, 0.1) is 6.54 Å². The van der Waals surface area contributed by atoms with Crippen molar-refractivity contribution in [2.24, 2.45) is 0 Å². The number of carbonyl (C=O) groups is 2. The highest BCUT2D eigenvalue weighted by atomic mass is 16.2. The molecule has 1 heterocycles. The molecule has 0 bridgehead atoms. The summed E-state index contributed by atoms with van der Waals surface area (Å²) in [5.74, 6) is -0.0260. The van der Waals surface area contributed by atoms with Crippen LogP contribution in [0.2, 0.25) is 0 Å². The fourth-order valence-electron chi connectivity index (χ4n) is 3.57. The maximum Gasteiger partial charge on any atom is 0.320 e. The number of hydrogen-bond donors (Lipinski definition) is 0. The van der Waals surface area contributed by atoms with Gasteiger partial charge in [-0.05, 0) is 57.4 Å². The van der Waals surface area contributed by atoms with Crippen molar-refractivity contribution >= 4 is 11.9 Å². The molecule has 0 N–H and O–H groups in total. The molecule has 1 aromatic carbocycles. The summed E-state index contributed by atoms with van der Waals surface area (Å²) in [6.45, 7) is 11.5. The van der Waals surface area contributed by atoms with E-state index in [0.717, 1.165) is 18.7 Å². The molecule has 1 aromatic heterocycles. The first kappa shape index (κ1) is 24.5. The minimum Gasteiger partial charge on any atom is -0.345 e. The highest BCUT2D eigenvalue weighted by Gasteiger charge is 2.27. The fraction of sp³-hybridized carbons (Fsp3) is 0.520. The van der Waals surface area contributed by atoms with Gasteiger partial charge < -0.3 is 19.3 Å². The summed E-state index contributed by atoms with van der Waals surface area (Å²) in [5, 5.41) is 0. The van der Waals surface area contributed by atoms with Crippen LogP contribution < -0.4 is 0 Å². The standard InChI is InChI=1S/C25H38N4O2/c1-8-21(5)29(24(30)18-28(19(2)3)25(31)26(6)7)17-23-14-11-15-27(23)16-22-13-10-9-12-20(22)4/h9-15,19,21H,8,16-18H2,1-7H3/t21-/m1/s1. The third-order valence-corrected chi connectivity index (χ3v) is 5.86. The number of benzene rings is 1. The summed E-state index contributed by atoms with van der Waals surface area (Å²) >= 11 is 0. The first-order valence-electron chi connectivity index (χ1n) is 11.1. The number of rotatable bonds is 9. The minimum atomic E-state index is -0.143. The Labute approximate surface area is 187 Å². The van der Waals surface area contributed by atoms with Crippen LogP contribution in [0.25, 0.3) is 0 Å². The predicted molar refractivity (Wildman–Crippen MR) is 126 cm³/mol. The van der Waals surface area contributed by atoms with Crippen molar-refractivity contribution in [2.45, 2.75) is 66.2 Å². The molecule has 31 heavy (non-hydrogen) atoms. The zero-order valence-electron chi connectivity index (χ0n) is 20.1. The zero-order chi connectivity index (χ0) is 23.1. The van der Waals surface area contributed by atoms with Crippen molar-refractivity contribution in [3.8, 4) is 0 Å². The van der Waals surface area contributed by atoms with Crippen LogP contribution in [-0.2, 0) is 17.9 Å². The summed E-state index contributed by atoms with van der Waals surface area (Å²) in [5.41, 5.74) is 3.61. The topological polar surface area (TPSA) is 48.8 Å². The number of aromatic nitrogens is 1. The molecule has 0 radical (unpaired) electrons. The Morgan fingerprint density at radius 3 is 2.26 bits per heavy atom. The van der Waals surface area contributed by atoms with Crippen LogP contribution in [0.15, 0.2) is 42.6 Å². The summed E-state index contributed by atoms with van der Waals surface area (Å²) in [7, 11) is 3.43. The number of aryl methyl sites for hydroxylation is 1. The fourth-order valence-corrected chi connectivity index (χ4v) is 3.57. The van der Waals surface area contributed by atoms with Gasteiger partial charge in [0.1, 0.15) is 6.54 Å². The lowest BCUT2D eigenvalue weighted by molar-refractivity contribution is -0.135. The highest BCUT2D eigenvalue weighted by molar-refractivity contribution is 5.84. The van der Waals surface area contributed by atoms with Crippen molar-refractivity contribution in [3.05, 3.63) is 59.4 Å². The number of nitrogens with zero attached hydrogens (tertiary/aromatic N) is 4. The Kier molecular flexibility index (Phi) is 8.72. The van der Waals surface area contributed by atoms with Crippen molar-refractivity contribution in [1.29, 1.82) is 0 Å². The van der Waals surface area contributed by atoms with Gasteiger partial charge in [-0.1, -0.05) is 31.2 Å². The van der Waals surface area contributed by atoms with Gasteiger partial charge in [0, 0.05) is 44.6 Å². The average molecular weight is 427 g/mol. The summed E-state index contributed by atoms with van der Waals surface area (Å²) < 4.78 is 2.20. The van der Waals surface area contributed by atoms with Gasteiger partial charge in [-0.3, -0.25) is 4.79 Å². The van der Waals surface area contributed by atoms with Crippen LogP contribution in [0.3, 0.4) is 0 Å². The smallest absolute Gasteiger partial charge is 0.320 e. The van der Waals surface area contributed by atoms with E-state index in [-0.39, 0.29) is 30.6 Å². The molecule has 0 fully saturated rings. The van der Waals surface area contributed by atoms with Gasteiger partial charge in [0.25, 0.3) is 0 Å². The van der Waals surface area contributed by atoms with Crippen LogP contribution in [0, 0.1) is 6.92 Å². The number of urea groups is 1. The van der Waals surface area contributed by atoms with Gasteiger partial charge in [0.15, 0.2) is 0 Å². The first-order chi connectivity index (χ1) is 14.6. The molecule has 0 aliphatic heterocycles. The summed E-state index contributed by atoms with van der Waals surface area (Å²) in [6, 6.07) is 12.4. The van der Waals surface area contributed by atoms with Crippen LogP contribution in [0.5, 0.6) is 0 Å². The molecular formula is C25H38N4O2. The van der Waals surface area contributed by atoms with Gasteiger partial charge in [-0.15, -0.1) is 0 Å². The average Bonchev–Trinajstić information content (AvgIpc) is 3.17. The van der Waals surface area contributed by atoms with E-state index in [9.17, 15) is 9.59 Å². The molecule has 6 nitrogen and oxygen atoms in total. The molecule has 3 amide bonds. The second kappa shape index (κ2) is 11.0. The molecule has 170 valence electrons. The van der Waals surface area contributed by atoms with E-state index < -0.39 is 0 Å². The van der Waals surface area contributed by atoms with Crippen LogP contribution in [0.4, 0.5) is 4.79 Å². The zero-order valence-corrected chi connectivity index (χ0v) is 20.1. The van der Waals surface area contributed by atoms with Crippen molar-refractivity contribution in [2.75, 3.05) is 20.6 Å². The van der Waals surface area contributed by atoms with Gasteiger partial charge >= 0.3 is 6.03 Å². The maximum atomic E-state index is 13.3. The Balaban J connectivity index is 2.23. The van der Waals surface area contributed by atoms with Crippen LogP contribution >= 0.6 is 0 Å². The van der Waals surface area contributed by atoms with E-state index in [1.165, 1.54) is 16.0 Å². The summed E-state index contributed by atoms with van der Waals surface area (Å²) in [4.78, 5) is 31.0. The Morgan fingerprint density at radius 1 is 1.00 bits per heavy atom. The van der Waals surface area contributed by atoms with E-state index in [4.69, 9.17) is 0 Å². The molecule has 1 atom stereocenters. The molecule has 2 aromatic rings. The third kappa shape index (κ3) is 6.36. The van der Waals surface area contributed by atoms with Crippen LogP contribution in [0.1, 0.15) is 50.9 Å². The lowest BCUT2D eigenvalue weighted by Gasteiger charge is -2.34. The van der Waals surface area contributed by atoms with E-state index in [2.05, 4.69) is 55.8 Å². The quantitative estimate of drug-likeness (QED) is 0.598. The second-order valence-electron chi connectivity index (χ2n) is 8.73. The molecule has 0 aliphatic rings. The van der Waals surface area contributed by atoms with E-state index >= 15 is 0 Å². The van der Waals surface area contributed by atoms with Gasteiger partial charge in [0.2, 0.25) is 5.91 Å². The minimum absolute atomic E-state index is 0.0260. The van der Waals surface area contributed by atoms with E-state index in [1.54, 1.807) is 19.0 Å². The van der Waals surface area contributed by atoms with Crippen molar-refractivity contribution < 1.29 is 9.59 Å². The molecule has 6 heteroatoms. The van der Waals surface area contributed by atoms with Crippen molar-refractivity contribution in [1.82, 2.24) is 19.3 Å². The normalized spacial score (nSPS) is 12.0. The van der Waals surface area contributed by atoms with Crippen LogP contribution in [-0.4, -0.2) is 63.9 Å². The van der Waals surface area contributed by atoms with Gasteiger partial charge in [-0.2, -0.15) is 0 Å². The highest BCUT2D eigenvalue weighted by Crippen LogP contribution is 2.17. The maximum absolute atomic E-state index is 13.3. The number of amides is 3. The molecule has 0 saturated carbocycles. The first-order valence-corrected chi connectivity index (χ1v) is 11.1. The largest absolute Gasteiger partial charge is 0.345 e. The van der Waals surface area contributed by atoms with Crippen molar-refractivity contribution in [3.63, 3.8) is 0 Å². The molecule has 0 spiro atoms. The Bertz CT molecular complexity index is 872. The van der Waals surface area contributed by atoms with Gasteiger partial charge in [-0.25, -0.2) is 4.79 Å². The number of hydrogen-bond acceptors (Lipinski definition) is 2. The molecule has 2 rings (SSSR count). The molecular weight excluding hydrogens is 388 g/mol. The molecule has 0 saturated heterocycles. The molecule has 0 unspecified atom stereocenters.